The van der Waals surface area contributed by atoms with Crippen molar-refractivity contribution >= 4 is 31.1 Å². The number of alkyl halides is 2. The highest BCUT2D eigenvalue weighted by Gasteiger charge is 2.69. The summed E-state index contributed by atoms with van der Waals surface area (Å²) in [7, 11) is -4.69. The Morgan fingerprint density at radius 1 is 1.33 bits per heavy atom. The van der Waals surface area contributed by atoms with Gasteiger partial charge in [-0.2, -0.15) is 8.78 Å². The zero-order valence-electron chi connectivity index (χ0n) is 12.1. The standard InChI is InChI=1S/C11H21F2O5PS2/c1-4-17-19(16,18-5-2)11(12,13)10(20-3)6-8(14)9(15)7-21-10/h8-9,14-15H,4-7H2,1-3H3/t8-,9+,10-/m1/s1. The summed E-state index contributed by atoms with van der Waals surface area (Å²) in [4.78, 5) is 0. The predicted molar refractivity (Wildman–Crippen MR) is 81.1 cm³/mol. The van der Waals surface area contributed by atoms with Gasteiger partial charge in [0.1, 0.15) is 4.08 Å². The summed E-state index contributed by atoms with van der Waals surface area (Å²) < 4.78 is 50.1. The second-order valence-electron chi connectivity index (χ2n) is 4.48. The molecule has 10 heteroatoms. The highest BCUT2D eigenvalue weighted by molar-refractivity contribution is 8.18. The summed E-state index contributed by atoms with van der Waals surface area (Å²) in [5.41, 5.74) is -3.79. The van der Waals surface area contributed by atoms with Crippen LogP contribution in [0.2, 0.25) is 0 Å². The van der Waals surface area contributed by atoms with E-state index in [1.54, 1.807) is 0 Å². The highest BCUT2D eigenvalue weighted by atomic mass is 32.2. The van der Waals surface area contributed by atoms with E-state index in [0.29, 0.717) is 0 Å². The van der Waals surface area contributed by atoms with Crippen molar-refractivity contribution in [3.63, 3.8) is 0 Å². The summed E-state index contributed by atoms with van der Waals surface area (Å²) in [6, 6.07) is 0. The lowest BCUT2D eigenvalue weighted by molar-refractivity contribution is -0.0185. The van der Waals surface area contributed by atoms with Crippen molar-refractivity contribution in [3.05, 3.63) is 0 Å². The average Bonchev–Trinajstić information content (AvgIpc) is 2.42. The van der Waals surface area contributed by atoms with Gasteiger partial charge in [0, 0.05) is 12.2 Å². The molecular formula is C11H21F2O5PS2. The van der Waals surface area contributed by atoms with Gasteiger partial charge in [-0.25, -0.2) is 0 Å². The number of hydrogen-bond donors (Lipinski definition) is 2. The van der Waals surface area contributed by atoms with Crippen molar-refractivity contribution in [3.8, 4) is 0 Å². The topological polar surface area (TPSA) is 76.0 Å². The summed E-state index contributed by atoms with van der Waals surface area (Å²) >= 11 is 1.57. The van der Waals surface area contributed by atoms with Crippen LogP contribution in [0.25, 0.3) is 0 Å². The minimum atomic E-state index is -4.69. The van der Waals surface area contributed by atoms with Crippen molar-refractivity contribution < 1.29 is 32.6 Å². The minimum absolute atomic E-state index is 0.0736. The molecule has 5 nitrogen and oxygen atoms in total. The number of halogens is 2. The van der Waals surface area contributed by atoms with Crippen LogP contribution in [0.15, 0.2) is 0 Å². The molecular weight excluding hydrogens is 345 g/mol. The van der Waals surface area contributed by atoms with Crippen LogP contribution in [0, 0.1) is 0 Å². The summed E-state index contributed by atoms with van der Waals surface area (Å²) in [5, 5.41) is 19.3. The van der Waals surface area contributed by atoms with Gasteiger partial charge in [0.05, 0.1) is 25.4 Å². The smallest absolute Gasteiger partial charge is 0.390 e. The fraction of sp³-hybridized carbons (Fsp3) is 1.00. The van der Waals surface area contributed by atoms with Crippen LogP contribution in [0.4, 0.5) is 8.78 Å². The van der Waals surface area contributed by atoms with Crippen molar-refractivity contribution in [1.29, 1.82) is 0 Å². The zero-order valence-corrected chi connectivity index (χ0v) is 14.6. The van der Waals surface area contributed by atoms with Gasteiger partial charge in [-0.15, -0.1) is 23.5 Å². The molecule has 0 bridgehead atoms. The van der Waals surface area contributed by atoms with Crippen LogP contribution >= 0.6 is 31.1 Å². The fourth-order valence-electron chi connectivity index (χ4n) is 2.02. The third-order valence-corrected chi connectivity index (χ3v) is 9.04. The zero-order chi connectivity index (χ0) is 16.3. The van der Waals surface area contributed by atoms with Crippen molar-refractivity contribution in [2.45, 2.75) is 42.2 Å². The number of aliphatic hydroxyl groups is 2. The Hall–Kier alpha value is 0.630. The Morgan fingerprint density at radius 3 is 2.24 bits per heavy atom. The lowest BCUT2D eigenvalue weighted by atomic mass is 10.1. The van der Waals surface area contributed by atoms with E-state index in [9.17, 15) is 23.6 Å². The first-order valence-corrected chi connectivity index (χ1v) is 10.3. The first-order chi connectivity index (χ1) is 9.69. The quantitative estimate of drug-likeness (QED) is 0.671. The molecule has 0 amide bonds. The highest BCUT2D eigenvalue weighted by Crippen LogP contribution is 2.72. The maximum absolute atomic E-state index is 14.9. The number of aliphatic hydroxyl groups excluding tert-OH is 2. The Morgan fingerprint density at radius 2 is 1.86 bits per heavy atom. The number of rotatable bonds is 7. The fourth-order valence-corrected chi connectivity index (χ4v) is 7.13. The molecule has 0 aromatic heterocycles. The molecule has 1 fully saturated rings. The van der Waals surface area contributed by atoms with E-state index in [-0.39, 0.29) is 19.0 Å². The van der Waals surface area contributed by atoms with Gasteiger partial charge in [0.15, 0.2) is 0 Å². The molecule has 0 aromatic rings. The maximum atomic E-state index is 14.9. The molecule has 0 radical (unpaired) electrons. The summed E-state index contributed by atoms with van der Waals surface area (Å²) in [6.07, 6.45) is -1.34. The molecule has 0 unspecified atom stereocenters. The molecule has 0 spiro atoms. The van der Waals surface area contributed by atoms with Gasteiger partial charge in [-0.1, -0.05) is 0 Å². The second kappa shape index (κ2) is 7.47. The first-order valence-electron chi connectivity index (χ1n) is 6.52. The lowest BCUT2D eigenvalue weighted by Crippen LogP contribution is -2.51. The molecule has 0 aromatic carbocycles. The van der Waals surface area contributed by atoms with Crippen LogP contribution in [-0.4, -0.2) is 57.4 Å². The lowest BCUT2D eigenvalue weighted by Gasteiger charge is -2.45. The first kappa shape index (κ1) is 19.7. The molecule has 1 aliphatic heterocycles. The van der Waals surface area contributed by atoms with E-state index in [1.165, 1.54) is 20.1 Å². The van der Waals surface area contributed by atoms with Crippen LogP contribution in [-0.2, 0) is 13.6 Å². The van der Waals surface area contributed by atoms with Gasteiger partial charge >= 0.3 is 13.3 Å². The Balaban J connectivity index is 3.19. The molecule has 21 heavy (non-hydrogen) atoms. The minimum Gasteiger partial charge on any atom is -0.390 e. The Bertz CT molecular complexity index is 391. The maximum Gasteiger partial charge on any atom is 0.402 e. The van der Waals surface area contributed by atoms with Gasteiger partial charge in [0.2, 0.25) is 0 Å². The van der Waals surface area contributed by atoms with Gasteiger partial charge in [0.25, 0.3) is 0 Å². The van der Waals surface area contributed by atoms with Crippen LogP contribution in [0.3, 0.4) is 0 Å². The SMILES string of the molecule is CCOP(=O)(OCC)C(F)(F)[C@@]1(SC)C[C@@H](O)[C@@H](O)CS1. The molecule has 3 atom stereocenters. The molecule has 0 saturated carbocycles. The third kappa shape index (κ3) is 3.59. The van der Waals surface area contributed by atoms with Crippen LogP contribution < -0.4 is 0 Å². The normalized spacial score (nSPS) is 31.4. The third-order valence-electron chi connectivity index (χ3n) is 3.14. The van der Waals surface area contributed by atoms with Crippen LogP contribution in [0.1, 0.15) is 20.3 Å². The van der Waals surface area contributed by atoms with E-state index in [2.05, 4.69) is 0 Å². The van der Waals surface area contributed by atoms with E-state index >= 15 is 0 Å². The van der Waals surface area contributed by atoms with Gasteiger partial charge < -0.3 is 19.3 Å². The van der Waals surface area contributed by atoms with Gasteiger partial charge in [-0.05, 0) is 20.1 Å². The van der Waals surface area contributed by atoms with E-state index in [4.69, 9.17) is 9.05 Å². The molecule has 1 rings (SSSR count). The predicted octanol–water partition coefficient (Wildman–Crippen LogP) is 2.76. The molecule has 126 valence electrons. The Labute approximate surface area is 131 Å². The molecule has 1 heterocycles. The van der Waals surface area contributed by atoms with Crippen molar-refractivity contribution in [1.82, 2.24) is 0 Å². The van der Waals surface area contributed by atoms with E-state index in [0.717, 1.165) is 23.5 Å². The molecule has 1 saturated heterocycles. The van der Waals surface area contributed by atoms with Gasteiger partial charge in [-0.3, -0.25) is 4.57 Å². The van der Waals surface area contributed by atoms with Crippen molar-refractivity contribution in [2.75, 3.05) is 25.2 Å². The van der Waals surface area contributed by atoms with Crippen molar-refractivity contribution in [2.24, 2.45) is 0 Å². The van der Waals surface area contributed by atoms with Crippen LogP contribution in [0.5, 0.6) is 0 Å². The molecule has 0 aliphatic carbocycles. The Kier molecular flexibility index (Phi) is 7.00. The summed E-state index contributed by atoms with van der Waals surface area (Å²) in [5.74, 6) is -0.0736. The number of hydrogen-bond acceptors (Lipinski definition) is 7. The average molecular weight is 366 g/mol. The molecule has 1 aliphatic rings. The van der Waals surface area contributed by atoms with E-state index < -0.39 is 36.0 Å². The summed E-state index contributed by atoms with van der Waals surface area (Å²) in [6.45, 7) is 2.57. The number of thioether (sulfide) groups is 2. The molecule has 2 N–H and O–H groups in total. The van der Waals surface area contributed by atoms with E-state index in [1.807, 2.05) is 0 Å². The largest absolute Gasteiger partial charge is 0.402 e. The monoisotopic (exact) mass is 366 g/mol. The second-order valence-corrected chi connectivity index (χ2v) is 9.24.